The molecule has 0 aliphatic carbocycles. The van der Waals surface area contributed by atoms with E-state index in [1.165, 1.54) is 32.1 Å². The van der Waals surface area contributed by atoms with Crippen LogP contribution in [0.2, 0.25) is 5.02 Å². The van der Waals surface area contributed by atoms with E-state index in [-0.39, 0.29) is 0 Å². The average molecular weight is 292 g/mol. The van der Waals surface area contributed by atoms with Crippen LogP contribution in [0.15, 0.2) is 35.3 Å². The van der Waals surface area contributed by atoms with Gasteiger partial charge in [0.25, 0.3) is 0 Å². The van der Waals surface area contributed by atoms with Crippen LogP contribution in [-0.4, -0.2) is 4.98 Å². The molecule has 0 spiro atoms. The first-order chi connectivity index (χ1) is 9.79. The number of halogens is 1. The third-order valence-electron chi connectivity index (χ3n) is 3.44. The van der Waals surface area contributed by atoms with Crippen LogP contribution in [0, 0.1) is 0 Å². The predicted molar refractivity (Wildman–Crippen MR) is 85.2 cm³/mol. The van der Waals surface area contributed by atoms with Gasteiger partial charge in [-0.25, -0.2) is 4.98 Å². The lowest BCUT2D eigenvalue weighted by Gasteiger charge is -1.99. The van der Waals surface area contributed by atoms with E-state index >= 15 is 0 Å². The van der Waals surface area contributed by atoms with Gasteiger partial charge in [-0.2, -0.15) is 0 Å². The van der Waals surface area contributed by atoms with Crippen molar-refractivity contribution in [2.24, 2.45) is 0 Å². The molecule has 0 aliphatic heterocycles. The summed E-state index contributed by atoms with van der Waals surface area (Å²) < 4.78 is 5.70. The van der Waals surface area contributed by atoms with Gasteiger partial charge in [-0.05, 0) is 37.5 Å². The lowest BCUT2D eigenvalue weighted by atomic mass is 10.1. The number of benzene rings is 1. The van der Waals surface area contributed by atoms with E-state index in [1.54, 1.807) is 0 Å². The molecule has 0 unspecified atom stereocenters. The van der Waals surface area contributed by atoms with E-state index in [4.69, 9.17) is 16.0 Å². The summed E-state index contributed by atoms with van der Waals surface area (Å²) in [6.45, 7) is 3.74. The van der Waals surface area contributed by atoms with E-state index in [0.717, 1.165) is 36.3 Å². The largest absolute Gasteiger partial charge is 0.441 e. The highest BCUT2D eigenvalue weighted by Gasteiger charge is 2.05. The monoisotopic (exact) mass is 291 g/mol. The molecule has 108 valence electrons. The molecule has 20 heavy (non-hydrogen) atoms. The number of hydrogen-bond acceptors (Lipinski definition) is 2. The van der Waals surface area contributed by atoms with Crippen molar-refractivity contribution >= 4 is 22.7 Å². The van der Waals surface area contributed by atoms with Crippen LogP contribution in [0.4, 0.5) is 0 Å². The lowest BCUT2D eigenvalue weighted by molar-refractivity contribution is 0.504. The fourth-order valence-corrected chi connectivity index (χ4v) is 2.49. The molecule has 0 bridgehead atoms. The predicted octanol–water partition coefficient (Wildman–Crippen LogP) is 5.94. The van der Waals surface area contributed by atoms with Gasteiger partial charge in [0.2, 0.25) is 0 Å². The number of allylic oxidation sites excluding steroid dienone is 1. The molecule has 0 N–H and O–H groups in total. The number of rotatable bonds is 9. The summed E-state index contributed by atoms with van der Waals surface area (Å²) >= 11 is 5.94. The minimum Gasteiger partial charge on any atom is -0.441 e. The van der Waals surface area contributed by atoms with Crippen molar-refractivity contribution in [2.75, 3.05) is 0 Å². The Labute approximate surface area is 125 Å². The van der Waals surface area contributed by atoms with Gasteiger partial charge in [-0.1, -0.05) is 43.4 Å². The molecular formula is C17H22ClNO. The van der Waals surface area contributed by atoms with Gasteiger partial charge in [-0.3, -0.25) is 0 Å². The first-order valence-corrected chi connectivity index (χ1v) is 7.83. The number of unbranched alkanes of at least 4 members (excludes halogenated alkanes) is 6. The third-order valence-corrected chi connectivity index (χ3v) is 3.68. The zero-order valence-corrected chi connectivity index (χ0v) is 12.7. The fourth-order valence-electron chi connectivity index (χ4n) is 2.33. The summed E-state index contributed by atoms with van der Waals surface area (Å²) in [6.07, 6.45) is 11.6. The van der Waals surface area contributed by atoms with Crippen molar-refractivity contribution in [3.05, 3.63) is 41.8 Å². The van der Waals surface area contributed by atoms with Crippen LogP contribution >= 0.6 is 11.6 Å². The topological polar surface area (TPSA) is 26.0 Å². The van der Waals surface area contributed by atoms with Gasteiger partial charge in [0.15, 0.2) is 11.5 Å². The second-order valence-electron chi connectivity index (χ2n) is 5.17. The third kappa shape index (κ3) is 4.68. The number of aryl methyl sites for hydroxylation is 1. The smallest absolute Gasteiger partial charge is 0.195 e. The zero-order chi connectivity index (χ0) is 14.2. The van der Waals surface area contributed by atoms with Crippen LogP contribution < -0.4 is 0 Å². The van der Waals surface area contributed by atoms with Crippen molar-refractivity contribution in [1.29, 1.82) is 0 Å². The highest BCUT2D eigenvalue weighted by molar-refractivity contribution is 6.31. The van der Waals surface area contributed by atoms with Crippen molar-refractivity contribution in [3.63, 3.8) is 0 Å². The molecule has 1 aromatic carbocycles. The van der Waals surface area contributed by atoms with E-state index < -0.39 is 0 Å². The van der Waals surface area contributed by atoms with Crippen LogP contribution in [0.1, 0.15) is 50.8 Å². The summed E-state index contributed by atoms with van der Waals surface area (Å²) in [5, 5.41) is 0.705. The summed E-state index contributed by atoms with van der Waals surface area (Å²) in [6, 6.07) is 5.57. The Bertz CT molecular complexity index is 547. The van der Waals surface area contributed by atoms with E-state index in [2.05, 4.69) is 11.6 Å². The molecule has 1 aromatic heterocycles. The summed E-state index contributed by atoms with van der Waals surface area (Å²) in [5.41, 5.74) is 1.69. The molecule has 0 saturated heterocycles. The number of fused-ring (bicyclic) bond motifs is 1. The van der Waals surface area contributed by atoms with E-state index in [0.29, 0.717) is 5.02 Å². The minimum absolute atomic E-state index is 0.705. The maximum Gasteiger partial charge on any atom is 0.195 e. The molecule has 2 nitrogen and oxygen atoms in total. The van der Waals surface area contributed by atoms with Gasteiger partial charge < -0.3 is 4.42 Å². The standard InChI is InChI=1S/C17H22ClNO/c1-2-3-4-5-6-7-8-9-10-17-19-15-13-14(18)11-12-16(15)20-17/h2,11-13H,1,3-10H2. The highest BCUT2D eigenvalue weighted by atomic mass is 35.5. The first-order valence-electron chi connectivity index (χ1n) is 7.45. The average Bonchev–Trinajstić information content (AvgIpc) is 2.83. The molecule has 1 heterocycles. The second-order valence-corrected chi connectivity index (χ2v) is 5.60. The maximum atomic E-state index is 5.94. The van der Waals surface area contributed by atoms with Gasteiger partial charge in [0.1, 0.15) is 5.52 Å². The highest BCUT2D eigenvalue weighted by Crippen LogP contribution is 2.21. The van der Waals surface area contributed by atoms with Crippen molar-refractivity contribution in [1.82, 2.24) is 4.98 Å². The fraction of sp³-hybridized carbons (Fsp3) is 0.471. The Morgan fingerprint density at radius 2 is 1.85 bits per heavy atom. The van der Waals surface area contributed by atoms with Gasteiger partial charge in [0, 0.05) is 11.4 Å². The number of hydrogen-bond donors (Lipinski definition) is 0. The molecule has 0 saturated carbocycles. The normalized spacial score (nSPS) is 11.1. The first kappa shape index (κ1) is 15.1. The molecule has 0 atom stereocenters. The van der Waals surface area contributed by atoms with Crippen LogP contribution in [-0.2, 0) is 6.42 Å². The molecule has 3 heteroatoms. The number of nitrogens with zero attached hydrogens (tertiary/aromatic N) is 1. The van der Waals surface area contributed by atoms with Gasteiger partial charge in [0.05, 0.1) is 0 Å². The minimum atomic E-state index is 0.705. The number of aromatic nitrogens is 1. The van der Waals surface area contributed by atoms with Crippen LogP contribution in [0.5, 0.6) is 0 Å². The van der Waals surface area contributed by atoms with E-state index in [1.807, 2.05) is 24.3 Å². The molecule has 0 aliphatic rings. The maximum absolute atomic E-state index is 5.94. The zero-order valence-electron chi connectivity index (χ0n) is 11.9. The van der Waals surface area contributed by atoms with Crippen molar-refractivity contribution in [2.45, 2.75) is 51.4 Å². The Morgan fingerprint density at radius 3 is 2.65 bits per heavy atom. The molecular weight excluding hydrogens is 270 g/mol. The lowest BCUT2D eigenvalue weighted by Crippen LogP contribution is -1.86. The Balaban J connectivity index is 1.67. The van der Waals surface area contributed by atoms with Crippen LogP contribution in [0.3, 0.4) is 0 Å². The van der Waals surface area contributed by atoms with Gasteiger partial charge in [-0.15, -0.1) is 6.58 Å². The SMILES string of the molecule is C=CCCCCCCCCc1nc2cc(Cl)ccc2o1. The second kappa shape index (κ2) is 8.11. The quantitative estimate of drug-likeness (QED) is 0.422. The molecule has 0 amide bonds. The summed E-state index contributed by atoms with van der Waals surface area (Å²) in [5.74, 6) is 0.828. The Kier molecular flexibility index (Phi) is 6.13. The number of oxazole rings is 1. The van der Waals surface area contributed by atoms with Crippen molar-refractivity contribution < 1.29 is 4.42 Å². The molecule has 0 radical (unpaired) electrons. The molecule has 0 fully saturated rings. The summed E-state index contributed by atoms with van der Waals surface area (Å²) in [4.78, 5) is 4.47. The molecule has 2 rings (SSSR count). The van der Waals surface area contributed by atoms with Crippen LogP contribution in [0.25, 0.3) is 11.1 Å². The summed E-state index contributed by atoms with van der Waals surface area (Å²) in [7, 11) is 0. The Morgan fingerprint density at radius 1 is 1.10 bits per heavy atom. The van der Waals surface area contributed by atoms with Crippen molar-refractivity contribution in [3.8, 4) is 0 Å². The Hall–Kier alpha value is -1.28. The van der Waals surface area contributed by atoms with Gasteiger partial charge >= 0.3 is 0 Å². The molecule has 2 aromatic rings. The van der Waals surface area contributed by atoms with E-state index in [9.17, 15) is 0 Å².